The van der Waals surface area contributed by atoms with Crippen molar-refractivity contribution in [3.63, 3.8) is 0 Å². The van der Waals surface area contributed by atoms with Crippen LogP contribution in [0.4, 0.5) is 0 Å². The fraction of sp³-hybridized carbons (Fsp3) is 0.667. The van der Waals surface area contributed by atoms with Gasteiger partial charge in [0.25, 0.3) is 0 Å². The monoisotopic (exact) mass is 195 g/mol. The van der Waals surface area contributed by atoms with Gasteiger partial charge in [0, 0.05) is 19.0 Å². The molecule has 14 heavy (non-hydrogen) atoms. The zero-order chi connectivity index (χ0) is 10.6. The fourth-order valence-electron chi connectivity index (χ4n) is 1.34. The molecule has 0 saturated carbocycles. The predicted octanol–water partition coefficient (Wildman–Crippen LogP) is -0.459. The van der Waals surface area contributed by atoms with E-state index in [2.05, 4.69) is 10.6 Å². The van der Waals surface area contributed by atoms with E-state index in [1.54, 1.807) is 6.92 Å². The smallest absolute Gasteiger partial charge is 0.225 e. The molecule has 5 heteroatoms. The number of nitrogens with one attached hydrogen (secondary N) is 2. The Kier molecular flexibility index (Phi) is 3.46. The quantitative estimate of drug-likeness (QED) is 0.639. The highest BCUT2D eigenvalue weighted by molar-refractivity contribution is 5.89. The molecule has 1 aliphatic rings. The normalized spacial score (nSPS) is 22.3. The van der Waals surface area contributed by atoms with Crippen molar-refractivity contribution in [3.05, 3.63) is 0 Å². The predicted molar refractivity (Wildman–Crippen MR) is 49.0 cm³/mol. The molecule has 0 radical (unpaired) electrons. The molecule has 1 aliphatic heterocycles. The SMILES string of the molecule is CC(CC#N)NC(=O)C1CNC(=O)C1. The van der Waals surface area contributed by atoms with Gasteiger partial charge in [-0.15, -0.1) is 0 Å². The number of carbonyl (C=O) groups is 2. The number of rotatable bonds is 3. The van der Waals surface area contributed by atoms with E-state index in [1.807, 2.05) is 6.07 Å². The molecule has 5 nitrogen and oxygen atoms in total. The van der Waals surface area contributed by atoms with Gasteiger partial charge < -0.3 is 10.6 Å². The molecule has 0 bridgehead atoms. The van der Waals surface area contributed by atoms with Crippen molar-refractivity contribution in [2.45, 2.75) is 25.8 Å². The number of amides is 2. The third kappa shape index (κ3) is 2.73. The van der Waals surface area contributed by atoms with Gasteiger partial charge in [-0.1, -0.05) is 0 Å². The van der Waals surface area contributed by atoms with Gasteiger partial charge in [-0.3, -0.25) is 9.59 Å². The Hall–Kier alpha value is -1.57. The van der Waals surface area contributed by atoms with Gasteiger partial charge in [-0.2, -0.15) is 5.26 Å². The molecule has 2 atom stereocenters. The zero-order valence-electron chi connectivity index (χ0n) is 8.04. The highest BCUT2D eigenvalue weighted by Gasteiger charge is 2.28. The van der Waals surface area contributed by atoms with Crippen molar-refractivity contribution in [3.8, 4) is 6.07 Å². The molecule has 2 amide bonds. The molecular weight excluding hydrogens is 182 g/mol. The Morgan fingerprint density at radius 3 is 3.07 bits per heavy atom. The molecule has 0 aliphatic carbocycles. The topological polar surface area (TPSA) is 82.0 Å². The third-order valence-electron chi connectivity index (χ3n) is 2.13. The van der Waals surface area contributed by atoms with E-state index in [4.69, 9.17) is 5.26 Å². The van der Waals surface area contributed by atoms with Crippen molar-refractivity contribution >= 4 is 11.8 Å². The number of nitriles is 1. The van der Waals surface area contributed by atoms with Crippen LogP contribution in [-0.2, 0) is 9.59 Å². The maximum absolute atomic E-state index is 11.5. The number of nitrogens with zero attached hydrogens (tertiary/aromatic N) is 1. The lowest BCUT2D eigenvalue weighted by molar-refractivity contribution is -0.127. The first kappa shape index (κ1) is 10.5. The summed E-state index contributed by atoms with van der Waals surface area (Å²) in [6.45, 7) is 2.18. The van der Waals surface area contributed by atoms with Crippen molar-refractivity contribution in [2.24, 2.45) is 5.92 Å². The number of hydrogen-bond donors (Lipinski definition) is 2. The Bertz CT molecular complexity index is 282. The summed E-state index contributed by atoms with van der Waals surface area (Å²) in [7, 11) is 0. The van der Waals surface area contributed by atoms with Crippen molar-refractivity contribution in [1.29, 1.82) is 5.26 Å². The number of carbonyl (C=O) groups excluding carboxylic acids is 2. The average molecular weight is 195 g/mol. The molecule has 0 spiro atoms. The maximum atomic E-state index is 11.5. The molecule has 2 N–H and O–H groups in total. The van der Waals surface area contributed by atoms with Crippen LogP contribution in [0.15, 0.2) is 0 Å². The lowest BCUT2D eigenvalue weighted by atomic mass is 10.1. The number of hydrogen-bond acceptors (Lipinski definition) is 3. The third-order valence-corrected chi connectivity index (χ3v) is 2.13. The van der Waals surface area contributed by atoms with Gasteiger partial charge in [-0.25, -0.2) is 0 Å². The van der Waals surface area contributed by atoms with E-state index in [1.165, 1.54) is 0 Å². The van der Waals surface area contributed by atoms with Gasteiger partial charge >= 0.3 is 0 Å². The first-order valence-electron chi connectivity index (χ1n) is 4.57. The molecule has 1 fully saturated rings. The summed E-state index contributed by atoms with van der Waals surface area (Å²) in [6.07, 6.45) is 0.547. The Balaban J connectivity index is 2.35. The van der Waals surface area contributed by atoms with Crippen LogP contribution in [0.25, 0.3) is 0 Å². The summed E-state index contributed by atoms with van der Waals surface area (Å²) in [5.74, 6) is -0.507. The van der Waals surface area contributed by atoms with E-state index in [9.17, 15) is 9.59 Å². The van der Waals surface area contributed by atoms with E-state index >= 15 is 0 Å². The molecule has 0 aromatic carbocycles. The van der Waals surface area contributed by atoms with E-state index in [0.717, 1.165) is 0 Å². The highest BCUT2D eigenvalue weighted by Crippen LogP contribution is 2.09. The largest absolute Gasteiger partial charge is 0.355 e. The van der Waals surface area contributed by atoms with Crippen LogP contribution in [-0.4, -0.2) is 24.4 Å². The molecule has 1 heterocycles. The second-order valence-corrected chi connectivity index (χ2v) is 3.48. The zero-order valence-corrected chi connectivity index (χ0v) is 8.04. The second kappa shape index (κ2) is 4.61. The van der Waals surface area contributed by atoms with Crippen LogP contribution >= 0.6 is 0 Å². The van der Waals surface area contributed by atoms with E-state index in [-0.39, 0.29) is 30.2 Å². The Labute approximate surface area is 82.5 Å². The minimum atomic E-state index is -0.274. The molecule has 2 unspecified atom stereocenters. The fourth-order valence-corrected chi connectivity index (χ4v) is 1.34. The lowest BCUT2D eigenvalue weighted by Gasteiger charge is -2.13. The molecular formula is C9H13N3O2. The molecule has 0 aromatic heterocycles. The minimum absolute atomic E-state index is 0.0851. The van der Waals surface area contributed by atoms with Crippen molar-refractivity contribution < 1.29 is 9.59 Å². The van der Waals surface area contributed by atoms with Gasteiger partial charge in [-0.05, 0) is 6.92 Å². The summed E-state index contributed by atoms with van der Waals surface area (Å²) in [5, 5.41) is 13.7. The summed E-state index contributed by atoms with van der Waals surface area (Å²) in [6, 6.07) is 1.83. The van der Waals surface area contributed by atoms with E-state index in [0.29, 0.717) is 13.0 Å². The highest BCUT2D eigenvalue weighted by atomic mass is 16.2. The Morgan fingerprint density at radius 1 is 1.86 bits per heavy atom. The van der Waals surface area contributed by atoms with Crippen molar-refractivity contribution in [1.82, 2.24) is 10.6 Å². The first-order valence-corrected chi connectivity index (χ1v) is 4.57. The Morgan fingerprint density at radius 2 is 2.57 bits per heavy atom. The molecule has 1 saturated heterocycles. The standard InChI is InChI=1S/C9H13N3O2/c1-6(2-3-10)12-9(14)7-4-8(13)11-5-7/h6-7H,2,4-5H2,1H3,(H,11,13)(H,12,14). The van der Waals surface area contributed by atoms with Crippen LogP contribution in [0.5, 0.6) is 0 Å². The summed E-state index contributed by atoms with van der Waals surface area (Å²) < 4.78 is 0. The van der Waals surface area contributed by atoms with E-state index < -0.39 is 0 Å². The minimum Gasteiger partial charge on any atom is -0.355 e. The van der Waals surface area contributed by atoms with Crippen LogP contribution in [0.2, 0.25) is 0 Å². The second-order valence-electron chi connectivity index (χ2n) is 3.48. The van der Waals surface area contributed by atoms with Crippen LogP contribution in [0, 0.1) is 17.2 Å². The first-order chi connectivity index (χ1) is 6.63. The van der Waals surface area contributed by atoms with Crippen LogP contribution < -0.4 is 10.6 Å². The summed E-state index contributed by atoms with van der Waals surface area (Å²) in [4.78, 5) is 22.3. The van der Waals surface area contributed by atoms with Crippen LogP contribution in [0.1, 0.15) is 19.8 Å². The average Bonchev–Trinajstić information content (AvgIpc) is 2.52. The summed E-state index contributed by atoms with van der Waals surface area (Å²) >= 11 is 0. The molecule has 1 rings (SSSR count). The lowest BCUT2D eigenvalue weighted by Crippen LogP contribution is -2.37. The molecule has 76 valence electrons. The van der Waals surface area contributed by atoms with Gasteiger partial charge in [0.05, 0.1) is 18.4 Å². The maximum Gasteiger partial charge on any atom is 0.225 e. The van der Waals surface area contributed by atoms with Gasteiger partial charge in [0.15, 0.2) is 0 Å². The van der Waals surface area contributed by atoms with Crippen LogP contribution in [0.3, 0.4) is 0 Å². The molecule has 0 aromatic rings. The summed E-state index contributed by atoms with van der Waals surface area (Å²) in [5.41, 5.74) is 0. The van der Waals surface area contributed by atoms with Gasteiger partial charge in [0.1, 0.15) is 0 Å². The van der Waals surface area contributed by atoms with Gasteiger partial charge in [0.2, 0.25) is 11.8 Å². The van der Waals surface area contributed by atoms with Crippen molar-refractivity contribution in [2.75, 3.05) is 6.54 Å².